The molecule has 1 N–H and O–H groups in total. The average molecular weight is 383 g/mol. The first-order valence-corrected chi connectivity index (χ1v) is 10.5. The minimum atomic E-state index is -3.00. The van der Waals surface area contributed by atoms with Gasteiger partial charge in [-0.3, -0.25) is 0 Å². The van der Waals surface area contributed by atoms with Crippen LogP contribution in [-0.2, 0) is 9.84 Å². The molecule has 144 valence electrons. The number of ether oxygens (including phenoxy) is 2. The standard InChI is InChI=1S/C17H25N3O5S/c1-24-14-3-4-15(16(11-14)25-2)19-6-8-20(9-7-19)17(21)18-13-5-10-26(22,23)12-13/h3-4,11,13H,5-10,12H2,1-2H3,(H,18,21). The summed E-state index contributed by atoms with van der Waals surface area (Å²) in [5, 5.41) is 2.84. The van der Waals surface area contributed by atoms with E-state index in [1.165, 1.54) is 0 Å². The second-order valence-electron chi connectivity index (χ2n) is 6.56. The van der Waals surface area contributed by atoms with Crippen molar-refractivity contribution >= 4 is 21.6 Å². The number of carbonyl (C=O) groups excluding carboxylic acids is 1. The minimum Gasteiger partial charge on any atom is -0.497 e. The first kappa shape index (κ1) is 18.6. The maximum absolute atomic E-state index is 12.4. The van der Waals surface area contributed by atoms with E-state index in [1.807, 2.05) is 18.2 Å². The van der Waals surface area contributed by atoms with Crippen LogP contribution in [0.3, 0.4) is 0 Å². The zero-order valence-corrected chi connectivity index (χ0v) is 15.9. The molecule has 0 radical (unpaired) electrons. The number of rotatable bonds is 4. The van der Waals surface area contributed by atoms with E-state index in [4.69, 9.17) is 9.47 Å². The first-order valence-electron chi connectivity index (χ1n) is 8.64. The van der Waals surface area contributed by atoms with E-state index >= 15 is 0 Å². The molecular formula is C17H25N3O5S. The van der Waals surface area contributed by atoms with Crippen LogP contribution < -0.4 is 19.7 Å². The number of nitrogens with one attached hydrogen (secondary N) is 1. The molecule has 0 spiro atoms. The maximum atomic E-state index is 12.4. The highest BCUT2D eigenvalue weighted by Gasteiger charge is 2.31. The van der Waals surface area contributed by atoms with E-state index in [0.29, 0.717) is 32.6 Å². The quantitative estimate of drug-likeness (QED) is 0.824. The van der Waals surface area contributed by atoms with Crippen LogP contribution in [0.1, 0.15) is 6.42 Å². The van der Waals surface area contributed by atoms with Gasteiger partial charge in [-0.2, -0.15) is 0 Å². The fourth-order valence-corrected chi connectivity index (χ4v) is 5.04. The lowest BCUT2D eigenvalue weighted by Crippen LogP contribution is -2.53. The number of carbonyl (C=O) groups is 1. The minimum absolute atomic E-state index is 0.0434. The van der Waals surface area contributed by atoms with Crippen LogP contribution in [0.5, 0.6) is 11.5 Å². The van der Waals surface area contributed by atoms with Gasteiger partial charge >= 0.3 is 6.03 Å². The molecule has 1 unspecified atom stereocenters. The predicted molar refractivity (Wildman–Crippen MR) is 98.9 cm³/mol. The Balaban J connectivity index is 1.56. The number of hydrogen-bond acceptors (Lipinski definition) is 6. The Morgan fingerprint density at radius 3 is 2.46 bits per heavy atom. The number of nitrogens with zero attached hydrogens (tertiary/aromatic N) is 2. The van der Waals surface area contributed by atoms with Crippen molar-refractivity contribution in [1.82, 2.24) is 10.2 Å². The van der Waals surface area contributed by atoms with Crippen molar-refractivity contribution in [2.24, 2.45) is 0 Å². The molecule has 3 rings (SSSR count). The first-order chi connectivity index (χ1) is 12.4. The number of anilines is 1. The lowest BCUT2D eigenvalue weighted by Gasteiger charge is -2.37. The van der Waals surface area contributed by atoms with Crippen LogP contribution in [0, 0.1) is 0 Å². The highest BCUT2D eigenvalue weighted by atomic mass is 32.2. The molecule has 0 aromatic heterocycles. The summed E-state index contributed by atoms with van der Waals surface area (Å²) in [4.78, 5) is 16.3. The van der Waals surface area contributed by atoms with Gasteiger partial charge in [-0.05, 0) is 18.6 Å². The summed E-state index contributed by atoms with van der Waals surface area (Å²) in [5.74, 6) is 1.67. The Morgan fingerprint density at radius 1 is 1.15 bits per heavy atom. The predicted octanol–water partition coefficient (Wildman–Crippen LogP) is 0.723. The number of benzene rings is 1. The lowest BCUT2D eigenvalue weighted by atomic mass is 10.2. The molecule has 2 fully saturated rings. The molecule has 8 nitrogen and oxygen atoms in total. The number of sulfone groups is 1. The summed E-state index contributed by atoms with van der Waals surface area (Å²) < 4.78 is 33.7. The number of piperazine rings is 1. The molecule has 9 heteroatoms. The van der Waals surface area contributed by atoms with Crippen LogP contribution in [0.25, 0.3) is 0 Å². The molecule has 0 saturated carbocycles. The van der Waals surface area contributed by atoms with Crippen molar-refractivity contribution in [3.63, 3.8) is 0 Å². The average Bonchev–Trinajstić information content (AvgIpc) is 2.99. The Hall–Kier alpha value is -2.16. The van der Waals surface area contributed by atoms with Gasteiger partial charge in [0.25, 0.3) is 0 Å². The van der Waals surface area contributed by atoms with Crippen molar-refractivity contribution in [2.45, 2.75) is 12.5 Å². The summed E-state index contributed by atoms with van der Waals surface area (Å²) in [7, 11) is 0.239. The van der Waals surface area contributed by atoms with E-state index < -0.39 is 9.84 Å². The third-order valence-electron chi connectivity index (χ3n) is 4.85. The molecule has 2 aliphatic heterocycles. The molecule has 26 heavy (non-hydrogen) atoms. The molecule has 0 bridgehead atoms. The number of amides is 2. The summed E-state index contributed by atoms with van der Waals surface area (Å²) in [6.07, 6.45) is 0.497. The second kappa shape index (κ2) is 7.61. The van der Waals surface area contributed by atoms with Crippen LogP contribution in [0.15, 0.2) is 18.2 Å². The van der Waals surface area contributed by atoms with Gasteiger partial charge in [0.05, 0.1) is 31.4 Å². The van der Waals surface area contributed by atoms with Crippen molar-refractivity contribution < 1.29 is 22.7 Å². The largest absolute Gasteiger partial charge is 0.497 e. The molecule has 2 heterocycles. The van der Waals surface area contributed by atoms with E-state index in [9.17, 15) is 13.2 Å². The monoisotopic (exact) mass is 383 g/mol. The molecular weight excluding hydrogens is 358 g/mol. The maximum Gasteiger partial charge on any atom is 0.317 e. The molecule has 1 atom stereocenters. The molecule has 2 aliphatic rings. The van der Waals surface area contributed by atoms with E-state index in [-0.39, 0.29) is 23.6 Å². The normalized spacial score (nSPS) is 22.2. The van der Waals surface area contributed by atoms with Crippen LogP contribution in [-0.4, -0.2) is 77.3 Å². The Bertz CT molecular complexity index is 760. The smallest absolute Gasteiger partial charge is 0.317 e. The van der Waals surface area contributed by atoms with Crippen molar-refractivity contribution in [3.8, 4) is 11.5 Å². The SMILES string of the molecule is COc1ccc(N2CCN(C(=O)NC3CCS(=O)(=O)C3)CC2)c(OC)c1. The third kappa shape index (κ3) is 4.14. The van der Waals surface area contributed by atoms with Crippen LogP contribution in [0.2, 0.25) is 0 Å². The fourth-order valence-electron chi connectivity index (χ4n) is 3.37. The van der Waals surface area contributed by atoms with Gasteiger partial charge in [0.2, 0.25) is 0 Å². The second-order valence-corrected chi connectivity index (χ2v) is 8.79. The Morgan fingerprint density at radius 2 is 1.88 bits per heavy atom. The Kier molecular flexibility index (Phi) is 5.45. The van der Waals surface area contributed by atoms with E-state index in [1.54, 1.807) is 19.1 Å². The van der Waals surface area contributed by atoms with E-state index in [2.05, 4.69) is 10.2 Å². The van der Waals surface area contributed by atoms with Gasteiger partial charge < -0.3 is 24.6 Å². The van der Waals surface area contributed by atoms with Gasteiger partial charge in [-0.15, -0.1) is 0 Å². The van der Waals surface area contributed by atoms with Crippen LogP contribution in [0.4, 0.5) is 10.5 Å². The summed E-state index contributed by atoms with van der Waals surface area (Å²) in [5.41, 5.74) is 0.968. The molecule has 2 amide bonds. The highest BCUT2D eigenvalue weighted by molar-refractivity contribution is 7.91. The van der Waals surface area contributed by atoms with Crippen LogP contribution >= 0.6 is 0 Å². The van der Waals surface area contributed by atoms with Gasteiger partial charge in [0.15, 0.2) is 9.84 Å². The molecule has 1 aromatic rings. The summed E-state index contributed by atoms with van der Waals surface area (Å²) >= 11 is 0. The van der Waals surface area contributed by atoms with E-state index in [0.717, 1.165) is 17.2 Å². The number of urea groups is 1. The van der Waals surface area contributed by atoms with Crippen molar-refractivity contribution in [1.29, 1.82) is 0 Å². The highest BCUT2D eigenvalue weighted by Crippen LogP contribution is 2.32. The topological polar surface area (TPSA) is 88.2 Å². The fraction of sp³-hybridized carbons (Fsp3) is 0.588. The van der Waals surface area contributed by atoms with Gasteiger partial charge in [-0.1, -0.05) is 0 Å². The lowest BCUT2D eigenvalue weighted by molar-refractivity contribution is 0.191. The number of hydrogen-bond donors (Lipinski definition) is 1. The molecule has 2 saturated heterocycles. The van der Waals surface area contributed by atoms with Crippen molar-refractivity contribution in [2.75, 3.05) is 56.8 Å². The molecule has 0 aliphatic carbocycles. The third-order valence-corrected chi connectivity index (χ3v) is 6.62. The van der Waals surface area contributed by atoms with Crippen molar-refractivity contribution in [3.05, 3.63) is 18.2 Å². The summed E-state index contributed by atoms with van der Waals surface area (Å²) in [6.45, 7) is 2.50. The Labute approximate surface area is 154 Å². The van der Waals surface area contributed by atoms with Gasteiger partial charge in [0, 0.05) is 38.3 Å². The number of methoxy groups -OCH3 is 2. The zero-order chi connectivity index (χ0) is 18.7. The zero-order valence-electron chi connectivity index (χ0n) is 15.1. The summed E-state index contributed by atoms with van der Waals surface area (Å²) in [6, 6.07) is 5.23. The molecule has 1 aromatic carbocycles. The van der Waals surface area contributed by atoms with Gasteiger partial charge in [-0.25, -0.2) is 13.2 Å². The van der Waals surface area contributed by atoms with Gasteiger partial charge in [0.1, 0.15) is 11.5 Å².